The number of rotatable bonds is 1. The van der Waals surface area contributed by atoms with Gasteiger partial charge in [-0.1, -0.05) is 43.3 Å². The molecule has 1 heterocycles. The first kappa shape index (κ1) is 9.47. The number of hydrogen-bond donors (Lipinski definition) is 0. The van der Waals surface area contributed by atoms with E-state index in [1.807, 2.05) is 6.07 Å². The van der Waals surface area contributed by atoms with Crippen LogP contribution in [0.2, 0.25) is 0 Å². The minimum atomic E-state index is 0.283. The van der Waals surface area contributed by atoms with Crippen LogP contribution in [-0.4, -0.2) is 12.7 Å². The molecule has 0 radical (unpaired) electrons. The molecule has 2 unspecified atom stereocenters. The Morgan fingerprint density at radius 2 is 1.93 bits per heavy atom. The molecule has 0 amide bonds. The van der Waals surface area contributed by atoms with Crippen molar-refractivity contribution in [3.8, 4) is 0 Å². The van der Waals surface area contributed by atoms with Gasteiger partial charge in [-0.05, 0) is 18.1 Å². The van der Waals surface area contributed by atoms with Crippen LogP contribution in [0.5, 0.6) is 0 Å². The number of hydrogen-bond acceptors (Lipinski definition) is 1. The fourth-order valence-corrected chi connectivity index (χ4v) is 1.88. The maximum absolute atomic E-state index is 5.58. The van der Waals surface area contributed by atoms with E-state index in [1.165, 1.54) is 11.1 Å². The van der Waals surface area contributed by atoms with Crippen molar-refractivity contribution >= 4 is 6.08 Å². The Morgan fingerprint density at radius 3 is 2.50 bits per heavy atom. The average molecular weight is 188 g/mol. The zero-order valence-electron chi connectivity index (χ0n) is 8.73. The van der Waals surface area contributed by atoms with Crippen molar-refractivity contribution in [1.82, 2.24) is 0 Å². The molecule has 1 aromatic rings. The van der Waals surface area contributed by atoms with Gasteiger partial charge in [0, 0.05) is 5.92 Å². The molecule has 74 valence electrons. The summed E-state index contributed by atoms with van der Waals surface area (Å²) in [7, 11) is 0. The van der Waals surface area contributed by atoms with Crippen molar-refractivity contribution in [3.05, 3.63) is 41.5 Å². The summed E-state index contributed by atoms with van der Waals surface area (Å²) in [5, 5.41) is 0. The third-order valence-electron chi connectivity index (χ3n) is 2.77. The van der Waals surface area contributed by atoms with E-state index in [1.54, 1.807) is 0 Å². The van der Waals surface area contributed by atoms with Crippen LogP contribution in [-0.2, 0) is 4.74 Å². The van der Waals surface area contributed by atoms with Crippen LogP contribution < -0.4 is 0 Å². The zero-order valence-corrected chi connectivity index (χ0v) is 8.73. The van der Waals surface area contributed by atoms with E-state index >= 15 is 0 Å². The molecule has 2 atom stereocenters. The molecular formula is C13H16O. The quantitative estimate of drug-likeness (QED) is 0.658. The van der Waals surface area contributed by atoms with Gasteiger partial charge in [-0.3, -0.25) is 0 Å². The minimum Gasteiger partial charge on any atom is -0.374 e. The summed E-state index contributed by atoms with van der Waals surface area (Å²) in [6.07, 6.45) is 2.53. The molecule has 0 aromatic heterocycles. The molecular weight excluding hydrogens is 172 g/mol. The van der Waals surface area contributed by atoms with Crippen LogP contribution in [0.4, 0.5) is 0 Å². The van der Waals surface area contributed by atoms with Crippen LogP contribution in [0.15, 0.2) is 35.9 Å². The van der Waals surface area contributed by atoms with Crippen molar-refractivity contribution < 1.29 is 4.74 Å². The van der Waals surface area contributed by atoms with Gasteiger partial charge >= 0.3 is 0 Å². The van der Waals surface area contributed by atoms with Gasteiger partial charge in [-0.2, -0.15) is 0 Å². The lowest BCUT2D eigenvalue weighted by atomic mass is 9.98. The highest BCUT2D eigenvalue weighted by molar-refractivity contribution is 5.54. The SMILES string of the molecule is CC1COC(C)/C1=C\c1ccccc1. The Kier molecular flexibility index (Phi) is 2.69. The maximum atomic E-state index is 5.58. The van der Waals surface area contributed by atoms with Crippen LogP contribution in [0.3, 0.4) is 0 Å². The Morgan fingerprint density at radius 1 is 1.21 bits per heavy atom. The van der Waals surface area contributed by atoms with Crippen molar-refractivity contribution in [2.24, 2.45) is 5.92 Å². The zero-order chi connectivity index (χ0) is 9.97. The molecule has 1 fully saturated rings. The Labute approximate surface area is 85.4 Å². The van der Waals surface area contributed by atoms with E-state index in [4.69, 9.17) is 4.74 Å². The van der Waals surface area contributed by atoms with Crippen LogP contribution in [0.1, 0.15) is 19.4 Å². The van der Waals surface area contributed by atoms with Crippen LogP contribution in [0.25, 0.3) is 6.08 Å². The summed E-state index contributed by atoms with van der Waals surface area (Å²) in [5.41, 5.74) is 2.68. The van der Waals surface area contributed by atoms with Gasteiger partial charge < -0.3 is 4.74 Å². The molecule has 14 heavy (non-hydrogen) atoms. The van der Waals surface area contributed by atoms with Gasteiger partial charge in [-0.15, -0.1) is 0 Å². The molecule has 0 bridgehead atoms. The fourth-order valence-electron chi connectivity index (χ4n) is 1.88. The molecule has 1 saturated heterocycles. The van der Waals surface area contributed by atoms with Gasteiger partial charge in [0.2, 0.25) is 0 Å². The summed E-state index contributed by atoms with van der Waals surface area (Å²) in [4.78, 5) is 0. The van der Waals surface area contributed by atoms with Gasteiger partial charge in [0.15, 0.2) is 0 Å². The third kappa shape index (κ3) is 1.88. The van der Waals surface area contributed by atoms with E-state index in [0.717, 1.165) is 6.61 Å². The van der Waals surface area contributed by atoms with E-state index in [9.17, 15) is 0 Å². The first-order valence-corrected chi connectivity index (χ1v) is 5.15. The first-order valence-electron chi connectivity index (χ1n) is 5.15. The summed E-state index contributed by atoms with van der Waals surface area (Å²) in [6.45, 7) is 5.20. The number of ether oxygens (including phenoxy) is 1. The molecule has 1 heteroatoms. The largest absolute Gasteiger partial charge is 0.374 e. The predicted molar refractivity (Wildman–Crippen MR) is 59.0 cm³/mol. The lowest BCUT2D eigenvalue weighted by Gasteiger charge is -2.06. The first-order chi connectivity index (χ1) is 6.77. The second kappa shape index (κ2) is 3.97. The highest BCUT2D eigenvalue weighted by atomic mass is 16.5. The maximum Gasteiger partial charge on any atom is 0.0763 e. The molecule has 0 spiro atoms. The second-order valence-electron chi connectivity index (χ2n) is 3.93. The van der Waals surface area contributed by atoms with Gasteiger partial charge in [0.1, 0.15) is 0 Å². The molecule has 0 aliphatic carbocycles. The lowest BCUT2D eigenvalue weighted by Crippen LogP contribution is -2.01. The molecule has 2 rings (SSSR count). The van der Waals surface area contributed by atoms with E-state index in [-0.39, 0.29) is 6.10 Å². The summed E-state index contributed by atoms with van der Waals surface area (Å²) in [6, 6.07) is 10.4. The molecule has 1 aromatic carbocycles. The number of benzene rings is 1. The van der Waals surface area contributed by atoms with E-state index < -0.39 is 0 Å². The molecule has 1 aliphatic rings. The summed E-state index contributed by atoms with van der Waals surface area (Å²) >= 11 is 0. The summed E-state index contributed by atoms with van der Waals surface area (Å²) < 4.78 is 5.58. The molecule has 0 saturated carbocycles. The van der Waals surface area contributed by atoms with Gasteiger partial charge in [0.25, 0.3) is 0 Å². The normalized spacial score (nSPS) is 29.7. The van der Waals surface area contributed by atoms with Crippen molar-refractivity contribution in [2.75, 3.05) is 6.61 Å². The van der Waals surface area contributed by atoms with Crippen molar-refractivity contribution in [3.63, 3.8) is 0 Å². The van der Waals surface area contributed by atoms with Crippen LogP contribution >= 0.6 is 0 Å². The third-order valence-corrected chi connectivity index (χ3v) is 2.77. The summed E-state index contributed by atoms with van der Waals surface area (Å²) in [5.74, 6) is 0.560. The van der Waals surface area contributed by atoms with Gasteiger partial charge in [0.05, 0.1) is 12.7 Å². The van der Waals surface area contributed by atoms with Crippen molar-refractivity contribution in [1.29, 1.82) is 0 Å². The second-order valence-corrected chi connectivity index (χ2v) is 3.93. The van der Waals surface area contributed by atoms with E-state index in [0.29, 0.717) is 5.92 Å². The fraction of sp³-hybridized carbons (Fsp3) is 0.385. The standard InChI is InChI=1S/C13H16O/c1-10-9-14-11(2)13(10)8-12-6-4-3-5-7-12/h3-8,10-11H,9H2,1-2H3/b13-8-. The predicted octanol–water partition coefficient (Wildman–Crippen LogP) is 3.12. The molecule has 1 aliphatic heterocycles. The highest BCUT2D eigenvalue weighted by Gasteiger charge is 2.23. The van der Waals surface area contributed by atoms with Crippen molar-refractivity contribution in [2.45, 2.75) is 20.0 Å². The molecule has 0 N–H and O–H groups in total. The van der Waals surface area contributed by atoms with Crippen LogP contribution in [0, 0.1) is 5.92 Å². The topological polar surface area (TPSA) is 9.23 Å². The lowest BCUT2D eigenvalue weighted by molar-refractivity contribution is 0.130. The smallest absolute Gasteiger partial charge is 0.0763 e. The Balaban J connectivity index is 2.26. The van der Waals surface area contributed by atoms with E-state index in [2.05, 4.69) is 44.2 Å². The Bertz CT molecular complexity index is 314. The van der Waals surface area contributed by atoms with Gasteiger partial charge in [-0.25, -0.2) is 0 Å². The monoisotopic (exact) mass is 188 g/mol. The minimum absolute atomic E-state index is 0.283. The highest BCUT2D eigenvalue weighted by Crippen LogP contribution is 2.27. The Hall–Kier alpha value is -1.08. The molecule has 1 nitrogen and oxygen atoms in total. The average Bonchev–Trinajstić information content (AvgIpc) is 2.51.